The summed E-state index contributed by atoms with van der Waals surface area (Å²) in [5.41, 5.74) is 2.75. The van der Waals surface area contributed by atoms with Crippen molar-refractivity contribution >= 4 is 21.6 Å². The Balaban J connectivity index is 2.22. The van der Waals surface area contributed by atoms with Crippen LogP contribution in [0.1, 0.15) is 12.0 Å². The molecular formula is C11H12BrNO. The second kappa shape index (κ2) is 3.16. The smallest absolute Gasteiger partial charge is 0.143 e. The standard InChI is InChI=1S/C11H12BrNO/c12-9-3-4-10-11-8(9)2-1-5-13(11)6-7-14-10/h3-4H,1-2,5-7H2. The van der Waals surface area contributed by atoms with Gasteiger partial charge in [-0.2, -0.15) is 0 Å². The SMILES string of the molecule is Brc1ccc2c3c1CCCN3CCO2. The van der Waals surface area contributed by atoms with Crippen molar-refractivity contribution in [3.05, 3.63) is 22.2 Å². The highest BCUT2D eigenvalue weighted by molar-refractivity contribution is 9.10. The van der Waals surface area contributed by atoms with Crippen LogP contribution < -0.4 is 9.64 Å². The molecular weight excluding hydrogens is 242 g/mol. The van der Waals surface area contributed by atoms with Crippen LogP contribution in [0.25, 0.3) is 0 Å². The van der Waals surface area contributed by atoms with Crippen molar-refractivity contribution in [3.63, 3.8) is 0 Å². The largest absolute Gasteiger partial charge is 0.490 e. The van der Waals surface area contributed by atoms with Crippen LogP contribution in [0.4, 0.5) is 5.69 Å². The van der Waals surface area contributed by atoms with Crippen LogP contribution in [0.5, 0.6) is 5.75 Å². The minimum atomic E-state index is 0.827. The van der Waals surface area contributed by atoms with Gasteiger partial charge in [0.15, 0.2) is 0 Å². The van der Waals surface area contributed by atoms with Gasteiger partial charge in [-0.25, -0.2) is 0 Å². The fourth-order valence-electron chi connectivity index (χ4n) is 2.34. The molecule has 0 aliphatic carbocycles. The van der Waals surface area contributed by atoms with E-state index in [2.05, 4.69) is 33.0 Å². The van der Waals surface area contributed by atoms with Crippen molar-refractivity contribution in [3.8, 4) is 5.75 Å². The Morgan fingerprint density at radius 3 is 3.14 bits per heavy atom. The lowest BCUT2D eigenvalue weighted by Gasteiger charge is -2.36. The third-order valence-corrected chi connectivity index (χ3v) is 3.72. The molecule has 3 rings (SSSR count). The van der Waals surface area contributed by atoms with Crippen LogP contribution >= 0.6 is 15.9 Å². The second-order valence-electron chi connectivity index (χ2n) is 3.81. The number of rotatable bonds is 0. The number of hydrogen-bond acceptors (Lipinski definition) is 2. The van der Waals surface area contributed by atoms with E-state index in [4.69, 9.17) is 4.74 Å². The highest BCUT2D eigenvalue weighted by Gasteiger charge is 2.25. The maximum Gasteiger partial charge on any atom is 0.143 e. The zero-order chi connectivity index (χ0) is 9.54. The summed E-state index contributed by atoms with van der Waals surface area (Å²) in [4.78, 5) is 2.45. The first-order valence-corrected chi connectivity index (χ1v) is 5.85. The fourth-order valence-corrected chi connectivity index (χ4v) is 2.86. The van der Waals surface area contributed by atoms with Crippen molar-refractivity contribution in [1.82, 2.24) is 0 Å². The van der Waals surface area contributed by atoms with E-state index in [-0.39, 0.29) is 0 Å². The minimum Gasteiger partial charge on any atom is -0.490 e. The van der Waals surface area contributed by atoms with Gasteiger partial charge < -0.3 is 9.64 Å². The summed E-state index contributed by atoms with van der Waals surface area (Å²) < 4.78 is 6.89. The Hall–Kier alpha value is -0.700. The predicted molar refractivity (Wildman–Crippen MR) is 60.2 cm³/mol. The van der Waals surface area contributed by atoms with E-state index in [1.807, 2.05) is 0 Å². The summed E-state index contributed by atoms with van der Waals surface area (Å²) in [6, 6.07) is 4.17. The normalized spacial score (nSPS) is 18.8. The van der Waals surface area contributed by atoms with Crippen LogP contribution in [0.2, 0.25) is 0 Å². The summed E-state index contributed by atoms with van der Waals surface area (Å²) in [6.07, 6.45) is 2.43. The molecule has 14 heavy (non-hydrogen) atoms. The van der Waals surface area contributed by atoms with Crippen molar-refractivity contribution in [1.29, 1.82) is 0 Å². The molecule has 2 nitrogen and oxygen atoms in total. The van der Waals surface area contributed by atoms with Crippen LogP contribution in [-0.4, -0.2) is 19.7 Å². The van der Waals surface area contributed by atoms with Crippen LogP contribution in [0.3, 0.4) is 0 Å². The van der Waals surface area contributed by atoms with Gasteiger partial charge in [-0.15, -0.1) is 0 Å². The highest BCUT2D eigenvalue weighted by atomic mass is 79.9. The molecule has 0 saturated carbocycles. The molecule has 0 atom stereocenters. The average molecular weight is 254 g/mol. The predicted octanol–water partition coefficient (Wildman–Crippen LogP) is 2.59. The van der Waals surface area contributed by atoms with Crippen molar-refractivity contribution < 1.29 is 4.74 Å². The van der Waals surface area contributed by atoms with E-state index in [1.165, 1.54) is 35.1 Å². The highest BCUT2D eigenvalue weighted by Crippen LogP contribution is 2.41. The molecule has 2 aliphatic heterocycles. The first-order chi connectivity index (χ1) is 6.86. The van der Waals surface area contributed by atoms with Gasteiger partial charge in [0.2, 0.25) is 0 Å². The van der Waals surface area contributed by atoms with Crippen LogP contribution in [0, 0.1) is 0 Å². The van der Waals surface area contributed by atoms with Gasteiger partial charge in [-0.3, -0.25) is 0 Å². The van der Waals surface area contributed by atoms with Gasteiger partial charge in [-0.1, -0.05) is 15.9 Å². The van der Waals surface area contributed by atoms with E-state index >= 15 is 0 Å². The zero-order valence-electron chi connectivity index (χ0n) is 7.92. The Kier molecular flexibility index (Phi) is 1.94. The number of anilines is 1. The molecule has 0 amide bonds. The molecule has 0 spiro atoms. The first-order valence-electron chi connectivity index (χ1n) is 5.05. The van der Waals surface area contributed by atoms with Gasteiger partial charge in [0, 0.05) is 11.0 Å². The lowest BCUT2D eigenvalue weighted by Crippen LogP contribution is -2.36. The van der Waals surface area contributed by atoms with E-state index in [0.29, 0.717) is 0 Å². The molecule has 2 aliphatic rings. The maximum atomic E-state index is 5.66. The summed E-state index contributed by atoms with van der Waals surface area (Å²) in [7, 11) is 0. The number of benzene rings is 1. The lowest BCUT2D eigenvalue weighted by atomic mass is 10.0. The molecule has 3 heteroatoms. The average Bonchev–Trinajstić information content (AvgIpc) is 2.24. The van der Waals surface area contributed by atoms with E-state index in [9.17, 15) is 0 Å². The molecule has 0 unspecified atom stereocenters. The number of ether oxygens (including phenoxy) is 1. The van der Waals surface area contributed by atoms with Gasteiger partial charge >= 0.3 is 0 Å². The van der Waals surface area contributed by atoms with Gasteiger partial charge in [0.1, 0.15) is 12.4 Å². The molecule has 0 saturated heterocycles. The fraction of sp³-hybridized carbons (Fsp3) is 0.455. The van der Waals surface area contributed by atoms with Gasteiger partial charge in [0.05, 0.1) is 12.2 Å². The summed E-state index contributed by atoms with van der Waals surface area (Å²) in [6.45, 7) is 3.05. The Morgan fingerprint density at radius 1 is 1.29 bits per heavy atom. The monoisotopic (exact) mass is 253 g/mol. The van der Waals surface area contributed by atoms with Crippen molar-refractivity contribution in [2.45, 2.75) is 12.8 Å². The Labute approximate surface area is 92.0 Å². The summed E-state index contributed by atoms with van der Waals surface area (Å²) in [5.74, 6) is 1.06. The quantitative estimate of drug-likeness (QED) is 0.705. The molecule has 0 aromatic heterocycles. The summed E-state index contributed by atoms with van der Waals surface area (Å²) >= 11 is 3.61. The topological polar surface area (TPSA) is 12.5 Å². The molecule has 2 heterocycles. The molecule has 0 N–H and O–H groups in total. The Morgan fingerprint density at radius 2 is 2.21 bits per heavy atom. The first kappa shape index (κ1) is 8.60. The molecule has 1 aromatic carbocycles. The molecule has 1 aromatic rings. The number of halogens is 1. The molecule has 0 bridgehead atoms. The van der Waals surface area contributed by atoms with Crippen molar-refractivity contribution in [2.75, 3.05) is 24.6 Å². The molecule has 0 radical (unpaired) electrons. The number of hydrogen-bond donors (Lipinski definition) is 0. The molecule has 74 valence electrons. The third-order valence-electron chi connectivity index (χ3n) is 2.98. The van der Waals surface area contributed by atoms with Crippen LogP contribution in [0.15, 0.2) is 16.6 Å². The maximum absolute atomic E-state index is 5.66. The van der Waals surface area contributed by atoms with Gasteiger partial charge in [-0.05, 0) is 30.5 Å². The van der Waals surface area contributed by atoms with Crippen molar-refractivity contribution in [2.24, 2.45) is 0 Å². The molecule has 0 fully saturated rings. The van der Waals surface area contributed by atoms with E-state index < -0.39 is 0 Å². The third kappa shape index (κ3) is 1.15. The lowest BCUT2D eigenvalue weighted by molar-refractivity contribution is 0.304. The summed E-state index contributed by atoms with van der Waals surface area (Å²) in [5, 5.41) is 0. The second-order valence-corrected chi connectivity index (χ2v) is 4.67. The Bertz CT molecular complexity index is 376. The zero-order valence-corrected chi connectivity index (χ0v) is 9.51. The van der Waals surface area contributed by atoms with Gasteiger partial charge in [0.25, 0.3) is 0 Å². The minimum absolute atomic E-state index is 0.827. The van der Waals surface area contributed by atoms with E-state index in [0.717, 1.165) is 18.9 Å². The number of nitrogens with zero attached hydrogens (tertiary/aromatic N) is 1. The van der Waals surface area contributed by atoms with E-state index in [1.54, 1.807) is 0 Å². The van der Waals surface area contributed by atoms with Crippen LogP contribution in [-0.2, 0) is 6.42 Å².